The molecule has 0 spiro atoms. The molecule has 1 aliphatic rings. The molecule has 1 fully saturated rings. The van der Waals surface area contributed by atoms with Gasteiger partial charge in [-0.05, 0) is 50.5 Å². The number of pyridine rings is 1. The largest absolute Gasteiger partial charge is 0.471 e. The van der Waals surface area contributed by atoms with E-state index in [4.69, 9.17) is 10.00 Å². The van der Waals surface area contributed by atoms with Crippen LogP contribution in [0.15, 0.2) is 47.5 Å². The van der Waals surface area contributed by atoms with Crippen LogP contribution in [0, 0.1) is 29.7 Å². The molecule has 0 bridgehead atoms. The highest BCUT2D eigenvalue weighted by molar-refractivity contribution is 7.90. The third kappa shape index (κ3) is 4.66. The molecule has 0 radical (unpaired) electrons. The Labute approximate surface area is 220 Å². The van der Waals surface area contributed by atoms with Gasteiger partial charge in [0.25, 0.3) is 0 Å². The summed E-state index contributed by atoms with van der Waals surface area (Å²) in [6.07, 6.45) is 5.94. The minimum atomic E-state index is -3.38. The van der Waals surface area contributed by atoms with E-state index in [0.29, 0.717) is 41.6 Å². The number of fused-ring (bicyclic) bond motifs is 1. The molecule has 0 saturated carbocycles. The zero-order valence-corrected chi connectivity index (χ0v) is 22.1. The number of rotatable bonds is 6. The summed E-state index contributed by atoms with van der Waals surface area (Å²) in [6.45, 7) is 5.15. The average molecular weight is 531 g/mol. The maximum Gasteiger partial charge on any atom is 0.201 e. The number of sulfone groups is 1. The summed E-state index contributed by atoms with van der Waals surface area (Å²) in [6, 6.07) is 12.5. The molecule has 1 aliphatic heterocycles. The van der Waals surface area contributed by atoms with Crippen LogP contribution in [-0.4, -0.2) is 57.0 Å². The second-order valence-electron chi connectivity index (χ2n) is 9.42. The fourth-order valence-electron chi connectivity index (χ4n) is 4.79. The van der Waals surface area contributed by atoms with Crippen LogP contribution < -0.4 is 4.74 Å². The predicted molar refractivity (Wildman–Crippen MR) is 138 cm³/mol. The van der Waals surface area contributed by atoms with Crippen LogP contribution in [0.1, 0.15) is 48.9 Å². The first-order valence-corrected chi connectivity index (χ1v) is 14.0. The summed E-state index contributed by atoms with van der Waals surface area (Å²) in [4.78, 5) is 6.35. The van der Waals surface area contributed by atoms with Gasteiger partial charge in [0.1, 0.15) is 29.2 Å². The molecule has 3 aromatic heterocycles. The summed E-state index contributed by atoms with van der Waals surface area (Å²) in [5.74, 6) is 0.375. The van der Waals surface area contributed by atoms with Crippen molar-refractivity contribution in [1.82, 2.24) is 29.3 Å². The highest BCUT2D eigenvalue weighted by atomic mass is 32.2. The molecule has 5 rings (SSSR count). The van der Waals surface area contributed by atoms with Gasteiger partial charge in [0.2, 0.25) is 5.88 Å². The number of hydrogen-bond donors (Lipinski definition) is 0. The van der Waals surface area contributed by atoms with Gasteiger partial charge in [-0.2, -0.15) is 10.5 Å². The van der Waals surface area contributed by atoms with Crippen LogP contribution in [0.3, 0.4) is 0 Å². The van der Waals surface area contributed by atoms with Crippen molar-refractivity contribution < 1.29 is 13.2 Å². The Hall–Kier alpha value is -4.42. The van der Waals surface area contributed by atoms with Gasteiger partial charge < -0.3 is 9.64 Å². The van der Waals surface area contributed by atoms with Crippen LogP contribution in [0.4, 0.5) is 0 Å². The number of nitrogens with zero attached hydrogens (tertiary/aromatic N) is 8. The van der Waals surface area contributed by atoms with Gasteiger partial charge in [-0.25, -0.2) is 18.1 Å². The lowest BCUT2D eigenvalue weighted by molar-refractivity contribution is 0.214. The van der Waals surface area contributed by atoms with E-state index in [1.165, 1.54) is 6.20 Å². The van der Waals surface area contributed by atoms with E-state index in [1.807, 2.05) is 24.6 Å². The van der Waals surface area contributed by atoms with E-state index < -0.39 is 15.9 Å². The third-order valence-corrected chi connectivity index (χ3v) is 8.00. The zero-order chi connectivity index (χ0) is 27.0. The summed E-state index contributed by atoms with van der Waals surface area (Å²) in [5.41, 5.74) is 3.80. The van der Waals surface area contributed by atoms with Crippen LogP contribution in [0.5, 0.6) is 5.88 Å². The van der Waals surface area contributed by atoms with Crippen molar-refractivity contribution in [2.75, 3.05) is 19.3 Å². The lowest BCUT2D eigenvalue weighted by Gasteiger charge is -2.28. The van der Waals surface area contributed by atoms with Gasteiger partial charge >= 0.3 is 0 Å². The number of likely N-dealkylation sites (tertiary alicyclic amines) is 1. The molecule has 1 aromatic carbocycles. The van der Waals surface area contributed by atoms with Crippen molar-refractivity contribution in [2.24, 2.45) is 0 Å². The molecule has 194 valence electrons. The maximum atomic E-state index is 12.1. The number of benzene rings is 1. The standard InChI is InChI=1S/C26H26N8O3S/c1-17-26(30-31-34(17)21-7-9-32(16-28)10-8-21)20-12-24-29-15-22(14-27)33(24)25(13-20)37-18(2)19-5-4-6-23(11-19)38(3,35)36/h4-6,11-13,15,18,21H,7-10H2,1-3H3. The monoisotopic (exact) mass is 530 g/mol. The molecule has 1 unspecified atom stereocenters. The molecule has 38 heavy (non-hydrogen) atoms. The molecular formula is C26H26N8O3S. The topological polar surface area (TPSA) is 142 Å². The molecular weight excluding hydrogens is 504 g/mol. The number of ether oxygens (including phenoxy) is 1. The fourth-order valence-corrected chi connectivity index (χ4v) is 5.47. The summed E-state index contributed by atoms with van der Waals surface area (Å²) in [7, 11) is -3.38. The summed E-state index contributed by atoms with van der Waals surface area (Å²) < 4.78 is 34.0. The van der Waals surface area contributed by atoms with Crippen molar-refractivity contribution in [3.05, 3.63) is 59.5 Å². The highest BCUT2D eigenvalue weighted by Crippen LogP contribution is 2.33. The van der Waals surface area contributed by atoms with E-state index in [0.717, 1.165) is 30.4 Å². The van der Waals surface area contributed by atoms with Gasteiger partial charge in [0.05, 0.1) is 22.8 Å². The van der Waals surface area contributed by atoms with Crippen molar-refractivity contribution >= 4 is 15.5 Å². The second-order valence-corrected chi connectivity index (χ2v) is 11.4. The predicted octanol–water partition coefficient (Wildman–Crippen LogP) is 3.43. The van der Waals surface area contributed by atoms with Crippen molar-refractivity contribution in [2.45, 2.75) is 43.7 Å². The van der Waals surface area contributed by atoms with E-state index >= 15 is 0 Å². The first kappa shape index (κ1) is 25.2. The number of piperidine rings is 1. The lowest BCUT2D eigenvalue weighted by atomic mass is 10.0. The summed E-state index contributed by atoms with van der Waals surface area (Å²) in [5, 5.41) is 27.7. The Morgan fingerprint density at radius 2 is 1.92 bits per heavy atom. The maximum absolute atomic E-state index is 12.1. The third-order valence-electron chi connectivity index (χ3n) is 6.89. The average Bonchev–Trinajstić information content (AvgIpc) is 3.51. The Kier molecular flexibility index (Phi) is 6.51. The van der Waals surface area contributed by atoms with Gasteiger partial charge in [-0.1, -0.05) is 17.3 Å². The van der Waals surface area contributed by atoms with Crippen LogP contribution in [-0.2, 0) is 9.84 Å². The lowest BCUT2D eigenvalue weighted by Crippen LogP contribution is -2.31. The molecule has 1 atom stereocenters. The number of aromatic nitrogens is 5. The quantitative estimate of drug-likeness (QED) is 0.343. The van der Waals surface area contributed by atoms with Gasteiger partial charge in [-0.15, -0.1) is 5.10 Å². The molecule has 0 aliphatic carbocycles. The molecule has 12 heteroatoms. The Morgan fingerprint density at radius 1 is 1.16 bits per heavy atom. The normalized spacial score (nSPS) is 15.2. The van der Waals surface area contributed by atoms with Crippen LogP contribution in [0.25, 0.3) is 16.9 Å². The minimum Gasteiger partial charge on any atom is -0.471 e. The zero-order valence-electron chi connectivity index (χ0n) is 21.2. The Balaban J connectivity index is 1.52. The second kappa shape index (κ2) is 9.80. The first-order valence-electron chi connectivity index (χ1n) is 12.1. The van der Waals surface area contributed by atoms with Crippen molar-refractivity contribution in [1.29, 1.82) is 10.5 Å². The number of hydrogen-bond acceptors (Lipinski definition) is 9. The van der Waals surface area contributed by atoms with Crippen molar-refractivity contribution in [3.8, 4) is 29.4 Å². The molecule has 0 amide bonds. The molecule has 4 aromatic rings. The van der Waals surface area contributed by atoms with E-state index in [1.54, 1.807) is 39.6 Å². The van der Waals surface area contributed by atoms with Crippen LogP contribution in [0.2, 0.25) is 0 Å². The smallest absolute Gasteiger partial charge is 0.201 e. The number of nitriles is 2. The van der Waals surface area contributed by atoms with Gasteiger partial charge in [0, 0.05) is 31.0 Å². The van der Waals surface area contributed by atoms with Gasteiger partial charge in [-0.3, -0.25) is 4.40 Å². The van der Waals surface area contributed by atoms with Gasteiger partial charge in [0.15, 0.2) is 16.0 Å². The van der Waals surface area contributed by atoms with E-state index in [-0.39, 0.29) is 10.9 Å². The Bertz CT molecular complexity index is 1700. The molecule has 4 heterocycles. The first-order chi connectivity index (χ1) is 18.2. The minimum absolute atomic E-state index is 0.152. The highest BCUT2D eigenvalue weighted by Gasteiger charge is 2.25. The molecule has 0 N–H and O–H groups in total. The molecule has 1 saturated heterocycles. The SMILES string of the molecule is Cc1c(-c2cc(OC(C)c3cccc(S(C)(=O)=O)c3)n3c(C#N)cnc3c2)nnn1C1CCN(C#N)CC1. The van der Waals surface area contributed by atoms with Crippen LogP contribution >= 0.6 is 0 Å². The fraction of sp³-hybridized carbons (Fsp3) is 0.346. The van der Waals surface area contributed by atoms with E-state index in [2.05, 4.69) is 27.6 Å². The Morgan fingerprint density at radius 3 is 2.61 bits per heavy atom. The van der Waals surface area contributed by atoms with Crippen molar-refractivity contribution in [3.63, 3.8) is 0 Å². The molecule has 11 nitrogen and oxygen atoms in total. The summed E-state index contributed by atoms with van der Waals surface area (Å²) >= 11 is 0. The number of imidazole rings is 1. The van der Waals surface area contributed by atoms with E-state index in [9.17, 15) is 13.7 Å².